The van der Waals surface area contributed by atoms with Crippen LogP contribution in [0.2, 0.25) is 6.04 Å². The summed E-state index contributed by atoms with van der Waals surface area (Å²) in [7, 11) is -0.203. The zero-order valence-electron chi connectivity index (χ0n) is 14.6. The van der Waals surface area contributed by atoms with Crippen molar-refractivity contribution in [2.45, 2.75) is 32.7 Å². The van der Waals surface area contributed by atoms with E-state index in [0.29, 0.717) is 6.04 Å². The molecule has 1 aromatic rings. The standard InChI is InChI=1S/C17H24O6Si/c1-6-7-12-24(20-4,21-5)23-17(19)15-11-9-8-10-14(15)16(18)22-13(2)3/h8-11H,2,6-7,12H2,1,3-5H3. The third kappa shape index (κ3) is 5.29. The minimum atomic E-state index is -3.12. The summed E-state index contributed by atoms with van der Waals surface area (Å²) in [6, 6.07) is 6.79. The molecule has 0 bridgehead atoms. The summed E-state index contributed by atoms with van der Waals surface area (Å²) >= 11 is 0. The SMILES string of the molecule is C=C(C)OC(=O)c1ccccc1C(=O)O[Si](CCCC)(OC)OC. The van der Waals surface area contributed by atoms with Crippen molar-refractivity contribution in [3.05, 3.63) is 47.7 Å². The van der Waals surface area contributed by atoms with Gasteiger partial charge < -0.3 is 18.0 Å². The number of carbonyl (C=O) groups is 2. The number of hydrogen-bond donors (Lipinski definition) is 0. The maximum Gasteiger partial charge on any atom is 0.567 e. The molecule has 0 spiro atoms. The molecule has 132 valence electrons. The van der Waals surface area contributed by atoms with Crippen LogP contribution in [0.5, 0.6) is 0 Å². The van der Waals surface area contributed by atoms with Gasteiger partial charge in [-0.25, -0.2) is 9.59 Å². The van der Waals surface area contributed by atoms with E-state index in [2.05, 4.69) is 6.58 Å². The molecule has 0 amide bonds. The normalized spacial score (nSPS) is 11.0. The molecule has 0 atom stereocenters. The van der Waals surface area contributed by atoms with E-state index in [1.54, 1.807) is 19.1 Å². The van der Waals surface area contributed by atoms with Gasteiger partial charge in [0.25, 0.3) is 0 Å². The van der Waals surface area contributed by atoms with Gasteiger partial charge in [0, 0.05) is 20.3 Å². The molecule has 1 aromatic carbocycles. The average molecular weight is 352 g/mol. The number of ether oxygens (including phenoxy) is 1. The number of benzene rings is 1. The van der Waals surface area contributed by atoms with Gasteiger partial charge in [0.1, 0.15) is 0 Å². The van der Waals surface area contributed by atoms with Gasteiger partial charge in [-0.05, 0) is 25.5 Å². The molecule has 0 aromatic heterocycles. The van der Waals surface area contributed by atoms with Crippen LogP contribution in [0.3, 0.4) is 0 Å². The van der Waals surface area contributed by atoms with Crippen molar-refractivity contribution in [3.8, 4) is 0 Å². The van der Waals surface area contributed by atoms with Crippen LogP contribution in [0.4, 0.5) is 0 Å². The summed E-state index contributed by atoms with van der Waals surface area (Å²) in [5.41, 5.74) is 0.210. The van der Waals surface area contributed by atoms with E-state index in [0.717, 1.165) is 12.8 Å². The summed E-state index contributed by atoms with van der Waals surface area (Å²) in [6.45, 7) is 7.10. The molecule has 6 nitrogen and oxygen atoms in total. The van der Waals surface area contributed by atoms with Crippen LogP contribution in [0, 0.1) is 0 Å². The average Bonchev–Trinajstić information content (AvgIpc) is 2.58. The summed E-state index contributed by atoms with van der Waals surface area (Å²) in [6.07, 6.45) is 1.72. The Balaban J connectivity index is 3.06. The molecule has 7 heteroatoms. The second-order valence-corrected chi connectivity index (χ2v) is 8.11. The van der Waals surface area contributed by atoms with E-state index < -0.39 is 20.7 Å². The molecule has 0 N–H and O–H groups in total. The minimum absolute atomic E-state index is 0.103. The van der Waals surface area contributed by atoms with Crippen molar-refractivity contribution in [1.29, 1.82) is 0 Å². The Labute approximate surface area is 143 Å². The minimum Gasteiger partial charge on any atom is -0.470 e. The molecule has 0 aliphatic heterocycles. The second kappa shape index (κ2) is 9.36. The van der Waals surface area contributed by atoms with Crippen LogP contribution >= 0.6 is 0 Å². The number of hydrogen-bond acceptors (Lipinski definition) is 6. The molecular weight excluding hydrogens is 328 g/mol. The lowest BCUT2D eigenvalue weighted by molar-refractivity contribution is 0.0498. The molecular formula is C17H24O6Si. The van der Waals surface area contributed by atoms with Crippen LogP contribution in [-0.4, -0.2) is 35.0 Å². The largest absolute Gasteiger partial charge is 0.567 e. The van der Waals surface area contributed by atoms with E-state index in [1.807, 2.05) is 6.92 Å². The Bertz CT molecular complexity index is 594. The van der Waals surface area contributed by atoms with E-state index >= 15 is 0 Å². The van der Waals surface area contributed by atoms with Crippen molar-refractivity contribution in [2.75, 3.05) is 14.2 Å². The van der Waals surface area contributed by atoms with Gasteiger partial charge in [-0.2, -0.15) is 0 Å². The lowest BCUT2D eigenvalue weighted by atomic mass is 10.1. The van der Waals surface area contributed by atoms with Crippen molar-refractivity contribution in [1.82, 2.24) is 0 Å². The quantitative estimate of drug-likeness (QED) is 0.384. The Morgan fingerprint density at radius 3 is 2.08 bits per heavy atom. The van der Waals surface area contributed by atoms with Crippen molar-refractivity contribution >= 4 is 20.7 Å². The zero-order chi connectivity index (χ0) is 18.2. The maximum atomic E-state index is 12.6. The predicted octanol–water partition coefficient (Wildman–Crippen LogP) is 3.57. The first kappa shape index (κ1) is 20.1. The smallest absolute Gasteiger partial charge is 0.470 e. The fourth-order valence-electron chi connectivity index (χ4n) is 2.06. The topological polar surface area (TPSA) is 71.1 Å². The molecule has 0 radical (unpaired) electrons. The lowest BCUT2D eigenvalue weighted by Crippen LogP contribution is -2.45. The molecule has 0 unspecified atom stereocenters. The highest BCUT2D eigenvalue weighted by Crippen LogP contribution is 2.21. The number of allylic oxidation sites excluding steroid dienone is 1. The van der Waals surface area contributed by atoms with Gasteiger partial charge >= 0.3 is 20.7 Å². The fourth-order valence-corrected chi connectivity index (χ4v) is 4.09. The number of unbranched alkanes of at least 4 members (excludes halogenated alkanes) is 1. The first-order valence-electron chi connectivity index (χ1n) is 7.69. The first-order chi connectivity index (χ1) is 11.4. The molecule has 0 aliphatic carbocycles. The van der Waals surface area contributed by atoms with Crippen LogP contribution in [0.15, 0.2) is 36.6 Å². The van der Waals surface area contributed by atoms with Crippen LogP contribution in [-0.2, 0) is 18.0 Å². The molecule has 0 heterocycles. The zero-order valence-corrected chi connectivity index (χ0v) is 15.6. The van der Waals surface area contributed by atoms with Gasteiger partial charge in [0.2, 0.25) is 0 Å². The molecule has 0 saturated heterocycles. The lowest BCUT2D eigenvalue weighted by Gasteiger charge is -2.26. The van der Waals surface area contributed by atoms with Gasteiger partial charge in [-0.15, -0.1) is 0 Å². The monoisotopic (exact) mass is 352 g/mol. The molecule has 0 aliphatic rings. The highest BCUT2D eigenvalue weighted by atomic mass is 28.4. The Morgan fingerprint density at radius 1 is 1.08 bits per heavy atom. The summed E-state index contributed by atoms with van der Waals surface area (Å²) in [5, 5.41) is 0. The summed E-state index contributed by atoms with van der Waals surface area (Å²) in [4.78, 5) is 24.7. The van der Waals surface area contributed by atoms with Crippen molar-refractivity contribution in [2.24, 2.45) is 0 Å². The van der Waals surface area contributed by atoms with Crippen LogP contribution in [0.1, 0.15) is 47.4 Å². The Kier molecular flexibility index (Phi) is 7.83. The van der Waals surface area contributed by atoms with E-state index in [-0.39, 0.29) is 16.9 Å². The third-order valence-electron chi connectivity index (χ3n) is 3.34. The molecule has 1 rings (SSSR count). The second-order valence-electron chi connectivity index (χ2n) is 5.22. The van der Waals surface area contributed by atoms with Gasteiger partial charge in [-0.1, -0.05) is 32.1 Å². The van der Waals surface area contributed by atoms with Crippen molar-refractivity contribution in [3.63, 3.8) is 0 Å². The van der Waals surface area contributed by atoms with E-state index in [1.165, 1.54) is 26.4 Å². The number of carbonyl (C=O) groups excluding carboxylic acids is 2. The Hall–Kier alpha value is -1.96. The number of esters is 1. The molecule has 0 fully saturated rings. The van der Waals surface area contributed by atoms with E-state index in [9.17, 15) is 9.59 Å². The van der Waals surface area contributed by atoms with Gasteiger partial charge in [0.05, 0.1) is 16.9 Å². The predicted molar refractivity (Wildman–Crippen MR) is 91.6 cm³/mol. The summed E-state index contributed by atoms with van der Waals surface area (Å²) in [5.74, 6) is -1.09. The van der Waals surface area contributed by atoms with Gasteiger partial charge in [-0.3, -0.25) is 0 Å². The first-order valence-corrected chi connectivity index (χ1v) is 9.62. The Morgan fingerprint density at radius 2 is 1.62 bits per heavy atom. The fraction of sp³-hybridized carbons (Fsp3) is 0.412. The van der Waals surface area contributed by atoms with Gasteiger partial charge in [0.15, 0.2) is 0 Å². The highest BCUT2D eigenvalue weighted by molar-refractivity contribution is 6.62. The maximum absolute atomic E-state index is 12.6. The van der Waals surface area contributed by atoms with Crippen LogP contribution < -0.4 is 0 Å². The third-order valence-corrected chi connectivity index (χ3v) is 6.05. The van der Waals surface area contributed by atoms with Crippen LogP contribution in [0.25, 0.3) is 0 Å². The number of rotatable bonds is 9. The molecule has 0 saturated carbocycles. The van der Waals surface area contributed by atoms with E-state index in [4.69, 9.17) is 18.0 Å². The van der Waals surface area contributed by atoms with Crippen molar-refractivity contribution < 1.29 is 27.6 Å². The summed E-state index contributed by atoms with van der Waals surface area (Å²) < 4.78 is 21.3. The molecule has 24 heavy (non-hydrogen) atoms. The highest BCUT2D eigenvalue weighted by Gasteiger charge is 2.43.